The largest absolute Gasteiger partial charge is 0.481 e. The molecular weight excluding hydrogens is 266 g/mol. The van der Waals surface area contributed by atoms with E-state index in [2.05, 4.69) is 4.90 Å². The van der Waals surface area contributed by atoms with Crippen LogP contribution < -0.4 is 0 Å². The molecule has 0 radical (unpaired) electrons. The number of hydrogen-bond acceptors (Lipinski definition) is 3. The molecule has 0 aliphatic carbocycles. The highest BCUT2D eigenvalue weighted by Crippen LogP contribution is 2.13. The van der Waals surface area contributed by atoms with Gasteiger partial charge in [0.1, 0.15) is 0 Å². The Hall–Kier alpha value is -1.10. The van der Waals surface area contributed by atoms with Gasteiger partial charge in [0.2, 0.25) is 0 Å². The summed E-state index contributed by atoms with van der Waals surface area (Å²) in [5.74, 6) is -0.775. The first-order valence-electron chi connectivity index (χ1n) is 6.29. The number of methoxy groups -OCH3 is 1. The van der Waals surface area contributed by atoms with E-state index in [1.165, 1.54) is 0 Å². The van der Waals surface area contributed by atoms with Crippen LogP contribution in [0.4, 0.5) is 0 Å². The second-order valence-electron chi connectivity index (χ2n) is 4.40. The van der Waals surface area contributed by atoms with Crippen LogP contribution in [0.1, 0.15) is 18.4 Å². The van der Waals surface area contributed by atoms with E-state index >= 15 is 0 Å². The van der Waals surface area contributed by atoms with E-state index in [0.29, 0.717) is 24.7 Å². The quantitative estimate of drug-likeness (QED) is 0.709. The molecule has 1 aromatic carbocycles. The number of carboxylic acid groups (broad SMARTS) is 1. The van der Waals surface area contributed by atoms with E-state index in [4.69, 9.17) is 21.4 Å². The predicted octanol–water partition coefficient (Wildman–Crippen LogP) is 2.65. The molecule has 0 aliphatic heterocycles. The minimum Gasteiger partial charge on any atom is -0.481 e. The molecule has 0 unspecified atom stereocenters. The number of rotatable bonds is 9. The number of hydrogen-bond donors (Lipinski definition) is 1. The molecule has 0 fully saturated rings. The molecule has 1 N–H and O–H groups in total. The Bertz CT molecular complexity index is 398. The van der Waals surface area contributed by atoms with Crippen molar-refractivity contribution in [2.75, 3.05) is 26.8 Å². The molecule has 1 aromatic rings. The molecule has 19 heavy (non-hydrogen) atoms. The van der Waals surface area contributed by atoms with Crippen molar-refractivity contribution in [1.82, 2.24) is 4.90 Å². The van der Waals surface area contributed by atoms with Gasteiger partial charge in [0.05, 0.1) is 6.42 Å². The first kappa shape index (κ1) is 16.0. The zero-order valence-electron chi connectivity index (χ0n) is 11.1. The van der Waals surface area contributed by atoms with Crippen molar-refractivity contribution < 1.29 is 14.6 Å². The average molecular weight is 286 g/mol. The van der Waals surface area contributed by atoms with Gasteiger partial charge in [0.15, 0.2) is 0 Å². The van der Waals surface area contributed by atoms with Crippen LogP contribution in [0.2, 0.25) is 5.02 Å². The van der Waals surface area contributed by atoms with Crippen molar-refractivity contribution >= 4 is 17.6 Å². The lowest BCUT2D eigenvalue weighted by Gasteiger charge is -2.21. The number of halogens is 1. The SMILES string of the molecule is COCCCN(CCC(=O)O)Cc1cccc(Cl)c1. The van der Waals surface area contributed by atoms with Gasteiger partial charge in [-0.2, -0.15) is 0 Å². The van der Waals surface area contributed by atoms with Gasteiger partial charge in [-0.05, 0) is 24.1 Å². The van der Waals surface area contributed by atoms with E-state index in [-0.39, 0.29) is 6.42 Å². The average Bonchev–Trinajstić information content (AvgIpc) is 2.36. The van der Waals surface area contributed by atoms with Crippen LogP contribution in [0.3, 0.4) is 0 Å². The predicted molar refractivity (Wildman–Crippen MR) is 75.5 cm³/mol. The Balaban J connectivity index is 2.53. The number of nitrogens with zero attached hydrogens (tertiary/aromatic N) is 1. The molecule has 4 nitrogen and oxygen atoms in total. The Morgan fingerprint density at radius 2 is 2.21 bits per heavy atom. The molecule has 0 atom stereocenters. The highest BCUT2D eigenvalue weighted by Gasteiger charge is 2.08. The molecule has 0 amide bonds. The van der Waals surface area contributed by atoms with Gasteiger partial charge in [0, 0.05) is 38.4 Å². The monoisotopic (exact) mass is 285 g/mol. The zero-order valence-corrected chi connectivity index (χ0v) is 11.9. The normalized spacial score (nSPS) is 10.9. The minimum absolute atomic E-state index is 0.146. The summed E-state index contributed by atoms with van der Waals surface area (Å²) < 4.78 is 5.02. The van der Waals surface area contributed by atoms with Crippen LogP contribution in [0.25, 0.3) is 0 Å². The highest BCUT2D eigenvalue weighted by atomic mass is 35.5. The summed E-state index contributed by atoms with van der Waals surface area (Å²) in [4.78, 5) is 12.8. The first-order valence-corrected chi connectivity index (χ1v) is 6.67. The summed E-state index contributed by atoms with van der Waals surface area (Å²) >= 11 is 5.95. The maximum Gasteiger partial charge on any atom is 0.304 e. The fraction of sp³-hybridized carbons (Fsp3) is 0.500. The molecule has 5 heteroatoms. The summed E-state index contributed by atoms with van der Waals surface area (Å²) in [5, 5.41) is 9.47. The third kappa shape index (κ3) is 7.15. The first-order chi connectivity index (χ1) is 9.11. The number of carbonyl (C=O) groups is 1. The van der Waals surface area contributed by atoms with Crippen molar-refractivity contribution in [3.63, 3.8) is 0 Å². The third-order valence-electron chi connectivity index (χ3n) is 2.76. The molecule has 0 aromatic heterocycles. The van der Waals surface area contributed by atoms with Gasteiger partial charge in [0.25, 0.3) is 0 Å². The second kappa shape index (κ2) is 8.91. The van der Waals surface area contributed by atoms with Gasteiger partial charge in [-0.3, -0.25) is 9.69 Å². The van der Waals surface area contributed by atoms with Crippen LogP contribution in [-0.4, -0.2) is 42.8 Å². The highest BCUT2D eigenvalue weighted by molar-refractivity contribution is 6.30. The van der Waals surface area contributed by atoms with E-state index in [1.54, 1.807) is 7.11 Å². The Kier molecular flexibility index (Phi) is 7.48. The molecular formula is C14H20ClNO3. The molecule has 106 valence electrons. The zero-order chi connectivity index (χ0) is 14.1. The minimum atomic E-state index is -0.775. The van der Waals surface area contributed by atoms with Crippen LogP contribution in [-0.2, 0) is 16.1 Å². The molecule has 0 spiro atoms. The topological polar surface area (TPSA) is 49.8 Å². The van der Waals surface area contributed by atoms with Gasteiger partial charge in [-0.15, -0.1) is 0 Å². The fourth-order valence-corrected chi connectivity index (χ4v) is 2.06. The fourth-order valence-electron chi connectivity index (χ4n) is 1.85. The van der Waals surface area contributed by atoms with Crippen molar-refractivity contribution in [1.29, 1.82) is 0 Å². The van der Waals surface area contributed by atoms with Gasteiger partial charge in [-0.25, -0.2) is 0 Å². The standard InChI is InChI=1S/C14H20ClNO3/c1-19-9-3-7-16(8-6-14(17)18)11-12-4-2-5-13(15)10-12/h2,4-5,10H,3,6-9,11H2,1H3,(H,17,18). The van der Waals surface area contributed by atoms with E-state index in [9.17, 15) is 4.79 Å². The molecule has 1 rings (SSSR count). The van der Waals surface area contributed by atoms with E-state index in [1.807, 2.05) is 24.3 Å². The summed E-state index contributed by atoms with van der Waals surface area (Å²) in [6, 6.07) is 7.64. The van der Waals surface area contributed by atoms with Gasteiger partial charge in [-0.1, -0.05) is 23.7 Å². The molecule has 0 bridgehead atoms. The summed E-state index contributed by atoms with van der Waals surface area (Å²) in [6.07, 6.45) is 1.03. The Morgan fingerprint density at radius 3 is 2.84 bits per heavy atom. The van der Waals surface area contributed by atoms with Crippen LogP contribution in [0.15, 0.2) is 24.3 Å². The number of ether oxygens (including phenoxy) is 1. The molecule has 0 aliphatic rings. The van der Waals surface area contributed by atoms with Gasteiger partial charge >= 0.3 is 5.97 Å². The second-order valence-corrected chi connectivity index (χ2v) is 4.83. The summed E-state index contributed by atoms with van der Waals surface area (Å²) in [7, 11) is 1.67. The number of benzene rings is 1. The van der Waals surface area contributed by atoms with Gasteiger partial charge < -0.3 is 9.84 Å². The molecule has 0 saturated heterocycles. The maximum atomic E-state index is 10.7. The number of carboxylic acids is 1. The lowest BCUT2D eigenvalue weighted by molar-refractivity contribution is -0.137. The van der Waals surface area contributed by atoms with Crippen molar-refractivity contribution in [2.24, 2.45) is 0 Å². The summed E-state index contributed by atoms with van der Waals surface area (Å²) in [5.41, 5.74) is 1.09. The van der Waals surface area contributed by atoms with E-state index < -0.39 is 5.97 Å². The molecule has 0 heterocycles. The van der Waals surface area contributed by atoms with Crippen molar-refractivity contribution in [3.05, 3.63) is 34.9 Å². The van der Waals surface area contributed by atoms with Crippen LogP contribution >= 0.6 is 11.6 Å². The van der Waals surface area contributed by atoms with Crippen LogP contribution in [0, 0.1) is 0 Å². The summed E-state index contributed by atoms with van der Waals surface area (Å²) in [6.45, 7) is 2.73. The Morgan fingerprint density at radius 1 is 1.42 bits per heavy atom. The van der Waals surface area contributed by atoms with Crippen LogP contribution in [0.5, 0.6) is 0 Å². The Labute approximate surface area is 118 Å². The lowest BCUT2D eigenvalue weighted by atomic mass is 10.2. The smallest absolute Gasteiger partial charge is 0.304 e. The van der Waals surface area contributed by atoms with E-state index in [0.717, 1.165) is 18.5 Å². The van der Waals surface area contributed by atoms with Crippen molar-refractivity contribution in [2.45, 2.75) is 19.4 Å². The third-order valence-corrected chi connectivity index (χ3v) is 3.00. The number of aliphatic carboxylic acids is 1. The maximum absolute atomic E-state index is 10.7. The van der Waals surface area contributed by atoms with Crippen molar-refractivity contribution in [3.8, 4) is 0 Å². The molecule has 0 saturated carbocycles. The lowest BCUT2D eigenvalue weighted by Crippen LogP contribution is -2.27.